The van der Waals surface area contributed by atoms with E-state index in [1.807, 2.05) is 12.1 Å². The van der Waals surface area contributed by atoms with Gasteiger partial charge in [-0.25, -0.2) is 19.2 Å². The number of carboxylic acids is 4. The Labute approximate surface area is 328 Å². The van der Waals surface area contributed by atoms with Crippen molar-refractivity contribution in [3.63, 3.8) is 0 Å². The van der Waals surface area contributed by atoms with E-state index in [1.54, 1.807) is 7.11 Å². The van der Waals surface area contributed by atoms with E-state index in [-0.39, 0.29) is 6.61 Å². The molecule has 10 N–H and O–H groups in total. The normalized spacial score (nSPS) is 11.0. The second-order valence-corrected chi connectivity index (χ2v) is 11.5. The highest BCUT2D eigenvalue weighted by Gasteiger charge is 2.06. The summed E-state index contributed by atoms with van der Waals surface area (Å²) in [5.41, 5.74) is 17.3. The molecule has 0 aliphatic heterocycles. The Kier molecular flexibility index (Phi) is 34.3. The van der Waals surface area contributed by atoms with Gasteiger partial charge in [0, 0.05) is 70.8 Å². The van der Waals surface area contributed by atoms with Gasteiger partial charge < -0.3 is 56.7 Å². The molecule has 0 heterocycles. The Hall–Kier alpha value is -5.46. The predicted molar refractivity (Wildman–Crippen MR) is 214 cm³/mol. The molecule has 17 nitrogen and oxygen atoms in total. The van der Waals surface area contributed by atoms with Crippen LogP contribution in [0.5, 0.6) is 0 Å². The first-order chi connectivity index (χ1) is 26.8. The maximum atomic E-state index is 9.55. The highest BCUT2D eigenvalue weighted by Crippen LogP contribution is 2.12. The van der Waals surface area contributed by atoms with E-state index in [1.165, 1.54) is 11.1 Å². The molecule has 0 aliphatic carbocycles. The van der Waals surface area contributed by atoms with Crippen molar-refractivity contribution in [3.8, 4) is 0 Å². The lowest BCUT2D eigenvalue weighted by atomic mass is 10.0. The molecule has 0 amide bonds. The second kappa shape index (κ2) is 36.5. The standard InChI is InChI=1S/C17H29N3O2.C14H22N2O2.2C4H4O4/c1-15-6-8-16(9-7-15)17(5-3-4-13-21-2)20-22-14-12-19-11-10-18;1-12-5-7-13(8-6-12)14(4-2-3-10-17)16-18-11-9-15;2*5-3(6)1-2-4(7)8/h6-9,19H,3-5,10-14,18H2,1-2H3;5-8,17H,2-4,9-11,15H2,1H3;2*1-2H,(H,5,6)(H,7,8)/b20-17+;16-14+;2*2-1-. The van der Waals surface area contributed by atoms with Crippen LogP contribution in [0.15, 0.2) is 83.1 Å². The minimum atomic E-state index is -1.26. The smallest absolute Gasteiger partial charge is 0.328 e. The number of methoxy groups -OCH3 is 1. The summed E-state index contributed by atoms with van der Waals surface area (Å²) in [6.07, 6.45) is 7.66. The van der Waals surface area contributed by atoms with Crippen LogP contribution >= 0.6 is 0 Å². The molecular formula is C39H59N5O12. The predicted octanol–water partition coefficient (Wildman–Crippen LogP) is 3.34. The van der Waals surface area contributed by atoms with E-state index in [0.29, 0.717) is 50.6 Å². The Bertz CT molecular complexity index is 1410. The van der Waals surface area contributed by atoms with Crippen LogP contribution in [0.3, 0.4) is 0 Å². The minimum absolute atomic E-state index is 0.213. The number of nitrogens with one attached hydrogen (secondary N) is 1. The molecule has 0 unspecified atom stereocenters. The van der Waals surface area contributed by atoms with Gasteiger partial charge in [0.15, 0.2) is 0 Å². The molecule has 0 saturated heterocycles. The number of unbranched alkanes of at least 4 members (excludes halogenated alkanes) is 2. The second-order valence-electron chi connectivity index (χ2n) is 11.5. The maximum absolute atomic E-state index is 9.55. The van der Waals surface area contributed by atoms with Crippen LogP contribution in [-0.4, -0.2) is 121 Å². The fraction of sp³-hybridized carbons (Fsp3) is 0.436. The number of aryl methyl sites for hydroxylation is 2. The summed E-state index contributed by atoms with van der Waals surface area (Å²) in [5, 5.41) is 51.7. The van der Waals surface area contributed by atoms with Crippen LogP contribution in [0, 0.1) is 13.8 Å². The molecule has 0 bridgehead atoms. The summed E-state index contributed by atoms with van der Waals surface area (Å²) in [6.45, 7) is 8.76. The van der Waals surface area contributed by atoms with Gasteiger partial charge in [0.25, 0.3) is 0 Å². The van der Waals surface area contributed by atoms with Gasteiger partial charge in [-0.15, -0.1) is 0 Å². The lowest BCUT2D eigenvalue weighted by Gasteiger charge is -2.08. The molecule has 2 rings (SSSR count). The summed E-state index contributed by atoms with van der Waals surface area (Å²) >= 11 is 0. The molecule has 2 aromatic rings. The van der Waals surface area contributed by atoms with Crippen molar-refractivity contribution in [2.24, 2.45) is 21.8 Å². The average Bonchev–Trinajstić information content (AvgIpc) is 3.16. The average molecular weight is 790 g/mol. The van der Waals surface area contributed by atoms with Crippen LogP contribution in [0.1, 0.15) is 60.8 Å². The highest BCUT2D eigenvalue weighted by molar-refractivity contribution is 6.00. The first kappa shape index (κ1) is 52.6. The van der Waals surface area contributed by atoms with Crippen molar-refractivity contribution in [1.29, 1.82) is 0 Å². The third-order valence-corrected chi connectivity index (χ3v) is 6.59. The van der Waals surface area contributed by atoms with Gasteiger partial charge in [-0.2, -0.15) is 0 Å². The molecule has 0 spiro atoms. The minimum Gasteiger partial charge on any atom is -0.478 e. The number of nitrogens with zero attached hydrogens (tertiary/aromatic N) is 2. The third-order valence-electron chi connectivity index (χ3n) is 6.59. The largest absolute Gasteiger partial charge is 0.478 e. The number of hydrogen-bond acceptors (Lipinski definition) is 13. The number of benzene rings is 2. The molecular weight excluding hydrogens is 730 g/mol. The van der Waals surface area contributed by atoms with Crippen LogP contribution in [0.2, 0.25) is 0 Å². The van der Waals surface area contributed by atoms with E-state index < -0.39 is 23.9 Å². The Morgan fingerprint density at radius 3 is 1.38 bits per heavy atom. The van der Waals surface area contributed by atoms with Gasteiger partial charge >= 0.3 is 23.9 Å². The quantitative estimate of drug-likeness (QED) is 0.0328. The maximum Gasteiger partial charge on any atom is 0.328 e. The van der Waals surface area contributed by atoms with Crippen LogP contribution < -0.4 is 16.8 Å². The third kappa shape index (κ3) is 34.3. The van der Waals surface area contributed by atoms with Gasteiger partial charge in [0.05, 0.1) is 11.4 Å². The molecule has 56 heavy (non-hydrogen) atoms. The van der Waals surface area contributed by atoms with E-state index in [0.717, 1.165) is 80.8 Å². The zero-order valence-electron chi connectivity index (χ0n) is 32.5. The molecule has 0 saturated carbocycles. The molecule has 0 aromatic heterocycles. The SMILES string of the molecule is COCCCC/C(=N\OCCNCCN)c1ccc(C)cc1.Cc1ccc(/C(CCCCO)=N/OCCN)cc1.O=C(O)/C=C\C(=O)O.O=C(O)/C=C\C(=O)O. The summed E-state index contributed by atoms with van der Waals surface area (Å²) in [7, 11) is 1.73. The van der Waals surface area contributed by atoms with Crippen molar-refractivity contribution in [3.05, 3.63) is 95.1 Å². The number of ether oxygens (including phenoxy) is 1. The fourth-order valence-corrected chi connectivity index (χ4v) is 3.85. The topological polar surface area (TPSA) is 286 Å². The number of nitrogens with two attached hydrogens (primary N) is 2. The number of carboxylic acid groups (broad SMARTS) is 4. The van der Waals surface area contributed by atoms with E-state index in [2.05, 4.69) is 65.9 Å². The van der Waals surface area contributed by atoms with Gasteiger partial charge in [-0.1, -0.05) is 70.0 Å². The van der Waals surface area contributed by atoms with Crippen LogP contribution in [0.4, 0.5) is 0 Å². The molecule has 312 valence electrons. The van der Waals surface area contributed by atoms with Gasteiger partial charge in [-0.3, -0.25) is 0 Å². The van der Waals surface area contributed by atoms with E-state index in [9.17, 15) is 19.2 Å². The van der Waals surface area contributed by atoms with E-state index in [4.69, 9.17) is 51.4 Å². The summed E-state index contributed by atoms with van der Waals surface area (Å²) in [4.78, 5) is 48.8. The van der Waals surface area contributed by atoms with Crippen molar-refractivity contribution >= 4 is 35.3 Å². The molecule has 2 aromatic carbocycles. The Morgan fingerprint density at radius 1 is 0.607 bits per heavy atom. The number of aliphatic carboxylic acids is 4. The summed E-state index contributed by atoms with van der Waals surface area (Å²) in [6, 6.07) is 16.6. The Morgan fingerprint density at radius 2 is 1.02 bits per heavy atom. The monoisotopic (exact) mass is 789 g/mol. The lowest BCUT2D eigenvalue weighted by Crippen LogP contribution is -2.25. The number of rotatable bonds is 24. The first-order valence-corrected chi connectivity index (χ1v) is 17.8. The van der Waals surface area contributed by atoms with Crippen molar-refractivity contribution in [2.75, 3.05) is 59.7 Å². The van der Waals surface area contributed by atoms with Crippen LogP contribution in [-0.2, 0) is 33.6 Å². The van der Waals surface area contributed by atoms with Crippen molar-refractivity contribution < 1.29 is 59.1 Å². The molecule has 17 heteroatoms. The molecule has 0 fully saturated rings. The highest BCUT2D eigenvalue weighted by atomic mass is 16.6. The Balaban J connectivity index is 0. The number of carbonyl (C=O) groups is 4. The number of hydrogen-bond donors (Lipinski definition) is 8. The van der Waals surface area contributed by atoms with Gasteiger partial charge in [0.1, 0.15) is 13.2 Å². The molecule has 0 atom stereocenters. The fourth-order valence-electron chi connectivity index (χ4n) is 3.85. The zero-order valence-corrected chi connectivity index (χ0v) is 32.5. The number of oxime groups is 2. The van der Waals surface area contributed by atoms with E-state index >= 15 is 0 Å². The molecule has 0 radical (unpaired) electrons. The van der Waals surface area contributed by atoms with Crippen molar-refractivity contribution in [1.82, 2.24) is 5.32 Å². The molecule has 0 aliphatic rings. The van der Waals surface area contributed by atoms with Crippen LogP contribution in [0.25, 0.3) is 0 Å². The van der Waals surface area contributed by atoms with Crippen molar-refractivity contribution in [2.45, 2.75) is 52.4 Å². The number of aliphatic hydroxyl groups is 1. The summed E-state index contributed by atoms with van der Waals surface area (Å²) in [5.74, 6) is -5.03. The van der Waals surface area contributed by atoms with Gasteiger partial charge in [0.2, 0.25) is 0 Å². The lowest BCUT2D eigenvalue weighted by molar-refractivity contribution is -0.134. The summed E-state index contributed by atoms with van der Waals surface area (Å²) < 4.78 is 5.09. The zero-order chi connectivity index (χ0) is 42.4. The first-order valence-electron chi connectivity index (χ1n) is 17.8. The van der Waals surface area contributed by atoms with Gasteiger partial charge in [-0.05, 0) is 63.5 Å². The number of aliphatic hydroxyl groups excluding tert-OH is 1.